The molecule has 4 nitrogen and oxygen atoms in total. The predicted molar refractivity (Wildman–Crippen MR) is 73.9 cm³/mol. The van der Waals surface area contributed by atoms with Crippen LogP contribution in [0.2, 0.25) is 0 Å². The average Bonchev–Trinajstić information content (AvgIpc) is 2.98. The van der Waals surface area contributed by atoms with Crippen LogP contribution in [0.25, 0.3) is 0 Å². The van der Waals surface area contributed by atoms with Crippen molar-refractivity contribution in [3.8, 4) is 5.75 Å². The number of fused-ring (bicyclic) bond motifs is 1. The van der Waals surface area contributed by atoms with Crippen molar-refractivity contribution in [3.05, 3.63) is 39.6 Å². The van der Waals surface area contributed by atoms with E-state index in [2.05, 4.69) is 36.8 Å². The maximum Gasteiger partial charge on any atom is 0.125 e. The van der Waals surface area contributed by atoms with Crippen molar-refractivity contribution in [1.29, 1.82) is 0 Å². The van der Waals surface area contributed by atoms with E-state index in [-0.39, 0.29) is 6.04 Å². The van der Waals surface area contributed by atoms with E-state index in [9.17, 15) is 0 Å². The first-order chi connectivity index (χ1) is 8.74. The van der Waals surface area contributed by atoms with Crippen molar-refractivity contribution in [1.82, 2.24) is 8.75 Å². The zero-order valence-electron chi connectivity index (χ0n) is 9.60. The van der Waals surface area contributed by atoms with Crippen LogP contribution >= 0.6 is 27.7 Å². The third kappa shape index (κ3) is 2.28. The standard InChI is InChI=1S/C12H12BrN3OS/c13-9-3-7-1-2-17-12(7)8(4-9)5-10(14)11-6-15-18-16-11/h3-4,6,10H,1-2,5,14H2. The molecule has 6 heteroatoms. The molecule has 18 heavy (non-hydrogen) atoms. The van der Waals surface area contributed by atoms with Crippen LogP contribution in [-0.4, -0.2) is 15.4 Å². The SMILES string of the molecule is NC(Cc1cc(Br)cc2c1OCC2)c1cnsn1. The van der Waals surface area contributed by atoms with Gasteiger partial charge in [0.1, 0.15) is 5.75 Å². The van der Waals surface area contributed by atoms with Crippen molar-refractivity contribution in [2.75, 3.05) is 6.61 Å². The maximum absolute atomic E-state index is 6.15. The summed E-state index contributed by atoms with van der Waals surface area (Å²) in [6.07, 6.45) is 3.41. The van der Waals surface area contributed by atoms with Gasteiger partial charge < -0.3 is 10.5 Å². The van der Waals surface area contributed by atoms with E-state index in [1.54, 1.807) is 6.20 Å². The van der Waals surface area contributed by atoms with Crippen LogP contribution in [0.1, 0.15) is 22.9 Å². The lowest BCUT2D eigenvalue weighted by Gasteiger charge is -2.12. The van der Waals surface area contributed by atoms with Gasteiger partial charge in [-0.15, -0.1) is 0 Å². The summed E-state index contributed by atoms with van der Waals surface area (Å²) in [7, 11) is 0. The van der Waals surface area contributed by atoms with E-state index in [1.807, 2.05) is 0 Å². The minimum Gasteiger partial charge on any atom is -0.493 e. The fraction of sp³-hybridized carbons (Fsp3) is 0.333. The molecule has 2 heterocycles. The van der Waals surface area contributed by atoms with Crippen LogP contribution in [0.5, 0.6) is 5.75 Å². The van der Waals surface area contributed by atoms with Crippen LogP contribution in [0.3, 0.4) is 0 Å². The summed E-state index contributed by atoms with van der Waals surface area (Å²) in [4.78, 5) is 0. The van der Waals surface area contributed by atoms with Crippen molar-refractivity contribution in [3.63, 3.8) is 0 Å². The summed E-state index contributed by atoms with van der Waals surface area (Å²) in [6, 6.07) is 4.05. The topological polar surface area (TPSA) is 61.0 Å². The van der Waals surface area contributed by atoms with E-state index in [4.69, 9.17) is 10.5 Å². The Morgan fingerprint density at radius 3 is 3.17 bits per heavy atom. The van der Waals surface area contributed by atoms with Crippen molar-refractivity contribution < 1.29 is 4.74 Å². The van der Waals surface area contributed by atoms with Gasteiger partial charge in [0.05, 0.1) is 36.3 Å². The number of nitrogens with two attached hydrogens (primary N) is 1. The molecule has 1 aromatic heterocycles. The van der Waals surface area contributed by atoms with E-state index in [1.165, 1.54) is 17.3 Å². The summed E-state index contributed by atoms with van der Waals surface area (Å²) < 4.78 is 14.9. The third-order valence-electron chi connectivity index (χ3n) is 3.02. The fourth-order valence-corrected chi connectivity index (χ4v) is 3.21. The second-order valence-corrected chi connectivity index (χ2v) is 5.77. The third-order valence-corrected chi connectivity index (χ3v) is 3.97. The van der Waals surface area contributed by atoms with Crippen LogP contribution in [0.4, 0.5) is 0 Å². The molecule has 0 aliphatic carbocycles. The van der Waals surface area contributed by atoms with Crippen LogP contribution in [-0.2, 0) is 12.8 Å². The molecule has 2 N–H and O–H groups in total. The Balaban J connectivity index is 1.89. The first kappa shape index (κ1) is 12.1. The zero-order chi connectivity index (χ0) is 12.5. The molecule has 2 aromatic rings. The minimum absolute atomic E-state index is 0.133. The highest BCUT2D eigenvalue weighted by atomic mass is 79.9. The Hall–Kier alpha value is -0.980. The number of hydrogen-bond donors (Lipinski definition) is 1. The molecular weight excluding hydrogens is 314 g/mol. The van der Waals surface area contributed by atoms with Gasteiger partial charge in [-0.3, -0.25) is 0 Å². The average molecular weight is 326 g/mol. The van der Waals surface area contributed by atoms with E-state index in [0.29, 0.717) is 6.42 Å². The van der Waals surface area contributed by atoms with Gasteiger partial charge in [-0.05, 0) is 29.7 Å². The first-order valence-electron chi connectivity index (χ1n) is 5.71. The summed E-state index contributed by atoms with van der Waals surface area (Å²) in [5, 5.41) is 0. The largest absolute Gasteiger partial charge is 0.493 e. The Morgan fingerprint density at radius 2 is 2.39 bits per heavy atom. The fourth-order valence-electron chi connectivity index (χ4n) is 2.17. The van der Waals surface area contributed by atoms with Gasteiger partial charge in [0.15, 0.2) is 0 Å². The van der Waals surface area contributed by atoms with E-state index < -0.39 is 0 Å². The molecule has 1 atom stereocenters. The van der Waals surface area contributed by atoms with Crippen LogP contribution in [0, 0.1) is 0 Å². The molecule has 94 valence electrons. The molecule has 1 aliphatic rings. The normalized spacial score (nSPS) is 15.2. The lowest BCUT2D eigenvalue weighted by atomic mass is 10.0. The highest BCUT2D eigenvalue weighted by Gasteiger charge is 2.20. The number of halogens is 1. The molecule has 0 bridgehead atoms. The number of hydrogen-bond acceptors (Lipinski definition) is 5. The minimum atomic E-state index is -0.133. The summed E-state index contributed by atoms with van der Waals surface area (Å²) >= 11 is 4.72. The smallest absolute Gasteiger partial charge is 0.125 e. The molecule has 0 spiro atoms. The summed E-state index contributed by atoms with van der Waals surface area (Å²) in [5.74, 6) is 0.997. The summed E-state index contributed by atoms with van der Waals surface area (Å²) in [6.45, 7) is 0.756. The van der Waals surface area contributed by atoms with Gasteiger partial charge in [0.2, 0.25) is 0 Å². The number of nitrogens with zero attached hydrogens (tertiary/aromatic N) is 2. The lowest BCUT2D eigenvalue weighted by Crippen LogP contribution is -2.14. The highest BCUT2D eigenvalue weighted by molar-refractivity contribution is 9.10. The monoisotopic (exact) mass is 325 g/mol. The van der Waals surface area contributed by atoms with Crippen LogP contribution in [0.15, 0.2) is 22.8 Å². The molecule has 1 aliphatic heterocycles. The number of aromatic nitrogens is 2. The van der Waals surface area contributed by atoms with Crippen molar-refractivity contribution >= 4 is 27.7 Å². The van der Waals surface area contributed by atoms with E-state index >= 15 is 0 Å². The highest BCUT2D eigenvalue weighted by Crippen LogP contribution is 2.34. The maximum atomic E-state index is 6.15. The zero-order valence-corrected chi connectivity index (χ0v) is 12.0. The molecule has 0 radical (unpaired) electrons. The van der Waals surface area contributed by atoms with Gasteiger partial charge in [0, 0.05) is 10.9 Å². The number of benzene rings is 1. The molecule has 1 unspecified atom stereocenters. The molecule has 3 rings (SSSR count). The quantitative estimate of drug-likeness (QED) is 0.941. The van der Waals surface area contributed by atoms with Crippen LogP contribution < -0.4 is 10.5 Å². The Kier molecular flexibility index (Phi) is 3.32. The van der Waals surface area contributed by atoms with Crippen molar-refractivity contribution in [2.45, 2.75) is 18.9 Å². The first-order valence-corrected chi connectivity index (χ1v) is 7.23. The second kappa shape index (κ2) is 4.95. The lowest BCUT2D eigenvalue weighted by molar-refractivity contribution is 0.352. The van der Waals surface area contributed by atoms with Gasteiger partial charge in [0.25, 0.3) is 0 Å². The predicted octanol–water partition coefficient (Wildman–Crippen LogP) is 2.48. The van der Waals surface area contributed by atoms with Gasteiger partial charge in [-0.1, -0.05) is 15.9 Å². The molecule has 1 aromatic carbocycles. The number of rotatable bonds is 3. The number of ether oxygens (including phenoxy) is 1. The molecule has 0 amide bonds. The second-order valence-electron chi connectivity index (χ2n) is 4.29. The Morgan fingerprint density at radius 1 is 1.50 bits per heavy atom. The van der Waals surface area contributed by atoms with Gasteiger partial charge in [-0.2, -0.15) is 8.75 Å². The summed E-state index contributed by atoms with van der Waals surface area (Å²) in [5.41, 5.74) is 9.38. The molecule has 0 saturated heterocycles. The van der Waals surface area contributed by atoms with E-state index in [0.717, 1.165) is 34.5 Å². The Labute approximate surface area is 118 Å². The van der Waals surface area contributed by atoms with Gasteiger partial charge in [-0.25, -0.2) is 0 Å². The Bertz CT molecular complexity index is 559. The van der Waals surface area contributed by atoms with Gasteiger partial charge >= 0.3 is 0 Å². The molecule has 0 saturated carbocycles. The molecular formula is C12H12BrN3OS. The van der Waals surface area contributed by atoms with Crippen molar-refractivity contribution in [2.24, 2.45) is 5.73 Å². The molecule has 0 fully saturated rings.